The monoisotopic (exact) mass is 232 g/mol. The Labute approximate surface area is 103 Å². The van der Waals surface area contributed by atoms with Crippen molar-refractivity contribution in [3.05, 3.63) is 29.8 Å². The van der Waals surface area contributed by atoms with Crippen LogP contribution in [0, 0.1) is 0 Å². The molecule has 0 heterocycles. The molecule has 0 spiro atoms. The van der Waals surface area contributed by atoms with E-state index in [0.717, 1.165) is 24.7 Å². The summed E-state index contributed by atoms with van der Waals surface area (Å²) in [5, 5.41) is 2.92. The molecule has 0 aliphatic heterocycles. The number of hydrogen-bond acceptors (Lipinski definition) is 1. The van der Waals surface area contributed by atoms with Gasteiger partial charge in [0.25, 0.3) is 0 Å². The molecule has 0 radical (unpaired) electrons. The van der Waals surface area contributed by atoms with E-state index in [1.165, 1.54) is 18.4 Å². The number of nitrogens with zero attached hydrogens (tertiary/aromatic N) is 1. The highest BCUT2D eigenvalue weighted by Gasteiger charge is 2.23. The minimum Gasteiger partial charge on any atom is -0.325 e. The second kappa shape index (κ2) is 5.21. The topological polar surface area (TPSA) is 32.3 Å². The Morgan fingerprint density at radius 1 is 1.24 bits per heavy atom. The third-order valence-electron chi connectivity index (χ3n) is 3.26. The van der Waals surface area contributed by atoms with E-state index >= 15 is 0 Å². The summed E-state index contributed by atoms with van der Waals surface area (Å²) in [4.78, 5) is 13.6. The number of hydrogen-bond donors (Lipinski definition) is 1. The molecule has 1 aliphatic rings. The molecule has 3 heteroatoms. The normalized spacial score (nSPS) is 14.5. The molecule has 1 aliphatic carbocycles. The van der Waals surface area contributed by atoms with Gasteiger partial charge in [0, 0.05) is 18.8 Å². The van der Waals surface area contributed by atoms with E-state index in [0.29, 0.717) is 0 Å². The molecule has 0 saturated heterocycles. The van der Waals surface area contributed by atoms with E-state index in [9.17, 15) is 4.79 Å². The summed E-state index contributed by atoms with van der Waals surface area (Å²) in [5.41, 5.74) is 2.28. The average Bonchev–Trinajstić information content (AvgIpc) is 3.15. The zero-order valence-electron chi connectivity index (χ0n) is 10.6. The van der Waals surface area contributed by atoms with Crippen LogP contribution in [-0.4, -0.2) is 24.0 Å². The fourth-order valence-electron chi connectivity index (χ4n) is 1.97. The van der Waals surface area contributed by atoms with Crippen molar-refractivity contribution >= 4 is 11.7 Å². The molecule has 0 atom stereocenters. The van der Waals surface area contributed by atoms with Gasteiger partial charge >= 0.3 is 6.03 Å². The van der Waals surface area contributed by atoms with Gasteiger partial charge in [-0.2, -0.15) is 0 Å². The maximum atomic E-state index is 11.8. The van der Waals surface area contributed by atoms with Crippen molar-refractivity contribution < 1.29 is 4.79 Å². The molecule has 0 aromatic heterocycles. The fraction of sp³-hybridized carbons (Fsp3) is 0.500. The summed E-state index contributed by atoms with van der Waals surface area (Å²) in [6, 6.07) is 8.21. The van der Waals surface area contributed by atoms with Crippen LogP contribution in [0.1, 0.15) is 38.2 Å². The first-order valence-corrected chi connectivity index (χ1v) is 6.40. The summed E-state index contributed by atoms with van der Waals surface area (Å²) < 4.78 is 0. The lowest BCUT2D eigenvalue weighted by Crippen LogP contribution is -2.34. The quantitative estimate of drug-likeness (QED) is 0.847. The molecule has 1 N–H and O–H groups in total. The van der Waals surface area contributed by atoms with Crippen LogP contribution in [-0.2, 0) is 0 Å². The predicted octanol–water partition coefficient (Wildman–Crippen LogP) is 3.44. The summed E-state index contributed by atoms with van der Waals surface area (Å²) in [6.45, 7) is 5.45. The van der Waals surface area contributed by atoms with Gasteiger partial charge in [-0.25, -0.2) is 4.79 Å². The van der Waals surface area contributed by atoms with Gasteiger partial charge in [-0.1, -0.05) is 12.1 Å². The van der Waals surface area contributed by atoms with E-state index in [4.69, 9.17) is 0 Å². The maximum Gasteiger partial charge on any atom is 0.321 e. The van der Waals surface area contributed by atoms with Crippen molar-refractivity contribution in [1.82, 2.24) is 4.90 Å². The number of nitrogens with one attached hydrogen (secondary N) is 1. The first kappa shape index (κ1) is 12.0. The number of carbonyl (C=O) groups excluding carboxylic acids is 1. The van der Waals surface area contributed by atoms with Crippen molar-refractivity contribution in [1.29, 1.82) is 0 Å². The van der Waals surface area contributed by atoms with Crippen LogP contribution < -0.4 is 5.32 Å². The number of anilines is 1. The highest BCUT2D eigenvalue weighted by molar-refractivity contribution is 5.89. The first-order valence-electron chi connectivity index (χ1n) is 6.40. The van der Waals surface area contributed by atoms with Gasteiger partial charge in [-0.3, -0.25) is 0 Å². The Bertz CT molecular complexity index is 378. The van der Waals surface area contributed by atoms with Crippen LogP contribution in [0.3, 0.4) is 0 Å². The molecule has 3 nitrogen and oxygen atoms in total. The van der Waals surface area contributed by atoms with Crippen molar-refractivity contribution in [3.8, 4) is 0 Å². The predicted molar refractivity (Wildman–Crippen MR) is 70.4 cm³/mol. The Balaban J connectivity index is 1.95. The highest BCUT2D eigenvalue weighted by atomic mass is 16.2. The van der Waals surface area contributed by atoms with Crippen molar-refractivity contribution in [2.45, 2.75) is 32.6 Å². The molecule has 1 aromatic rings. The van der Waals surface area contributed by atoms with Gasteiger partial charge in [-0.05, 0) is 50.3 Å². The van der Waals surface area contributed by atoms with Gasteiger partial charge in [0.05, 0.1) is 0 Å². The summed E-state index contributed by atoms with van der Waals surface area (Å²) in [5.74, 6) is 0.766. The van der Waals surface area contributed by atoms with Crippen LogP contribution in [0.15, 0.2) is 24.3 Å². The van der Waals surface area contributed by atoms with Gasteiger partial charge in [0.2, 0.25) is 0 Å². The van der Waals surface area contributed by atoms with E-state index in [2.05, 4.69) is 17.4 Å². The number of amides is 2. The maximum absolute atomic E-state index is 11.8. The van der Waals surface area contributed by atoms with Crippen molar-refractivity contribution in [2.75, 3.05) is 18.4 Å². The SMILES string of the molecule is CCN(CC)C(=O)Nc1ccc(C2CC2)cc1. The molecule has 17 heavy (non-hydrogen) atoms. The molecule has 1 fully saturated rings. The Kier molecular flexibility index (Phi) is 3.67. The summed E-state index contributed by atoms with van der Waals surface area (Å²) in [7, 11) is 0. The molecule has 1 aromatic carbocycles. The van der Waals surface area contributed by atoms with Gasteiger partial charge in [0.15, 0.2) is 0 Å². The first-order chi connectivity index (χ1) is 8.24. The third kappa shape index (κ3) is 2.99. The molecule has 92 valence electrons. The van der Waals surface area contributed by atoms with Crippen LogP contribution in [0.4, 0.5) is 10.5 Å². The molecule has 0 bridgehead atoms. The van der Waals surface area contributed by atoms with Gasteiger partial charge in [-0.15, -0.1) is 0 Å². The molecule has 2 rings (SSSR count). The minimum atomic E-state index is -0.0193. The standard InChI is InChI=1S/C14H20N2O/c1-3-16(4-2)14(17)15-13-9-7-12(8-10-13)11-5-6-11/h7-11H,3-6H2,1-2H3,(H,15,17). The zero-order valence-corrected chi connectivity index (χ0v) is 10.6. The number of carbonyl (C=O) groups is 1. The molecule has 0 unspecified atom stereocenters. The second-order valence-electron chi connectivity index (χ2n) is 4.50. The Morgan fingerprint density at radius 3 is 2.29 bits per heavy atom. The van der Waals surface area contributed by atoms with Crippen LogP contribution in [0.2, 0.25) is 0 Å². The smallest absolute Gasteiger partial charge is 0.321 e. The summed E-state index contributed by atoms with van der Waals surface area (Å²) >= 11 is 0. The van der Waals surface area contributed by atoms with Crippen LogP contribution in [0.5, 0.6) is 0 Å². The van der Waals surface area contributed by atoms with Crippen molar-refractivity contribution in [2.24, 2.45) is 0 Å². The van der Waals surface area contributed by atoms with Gasteiger partial charge < -0.3 is 10.2 Å². The van der Waals surface area contributed by atoms with Crippen LogP contribution in [0.25, 0.3) is 0 Å². The zero-order chi connectivity index (χ0) is 12.3. The highest BCUT2D eigenvalue weighted by Crippen LogP contribution is 2.40. The Hall–Kier alpha value is -1.51. The lowest BCUT2D eigenvalue weighted by molar-refractivity contribution is 0.217. The number of benzene rings is 1. The minimum absolute atomic E-state index is 0.0193. The largest absolute Gasteiger partial charge is 0.325 e. The molecule has 1 saturated carbocycles. The van der Waals surface area contributed by atoms with E-state index in [-0.39, 0.29) is 6.03 Å². The summed E-state index contributed by atoms with van der Waals surface area (Å²) in [6.07, 6.45) is 2.62. The molecule has 2 amide bonds. The van der Waals surface area contributed by atoms with E-state index in [1.807, 2.05) is 26.0 Å². The lowest BCUT2D eigenvalue weighted by Gasteiger charge is -2.19. The van der Waals surface area contributed by atoms with E-state index in [1.54, 1.807) is 4.90 Å². The Morgan fingerprint density at radius 2 is 1.82 bits per heavy atom. The van der Waals surface area contributed by atoms with Gasteiger partial charge in [0.1, 0.15) is 0 Å². The lowest BCUT2D eigenvalue weighted by atomic mass is 10.1. The molecular formula is C14H20N2O. The average molecular weight is 232 g/mol. The van der Waals surface area contributed by atoms with Crippen molar-refractivity contribution in [3.63, 3.8) is 0 Å². The van der Waals surface area contributed by atoms with Crippen LogP contribution >= 0.6 is 0 Å². The fourth-order valence-corrected chi connectivity index (χ4v) is 1.97. The number of urea groups is 1. The van der Waals surface area contributed by atoms with E-state index < -0.39 is 0 Å². The third-order valence-corrected chi connectivity index (χ3v) is 3.26. The number of rotatable bonds is 4. The second-order valence-corrected chi connectivity index (χ2v) is 4.50. The molecular weight excluding hydrogens is 212 g/mol.